The smallest absolute Gasteiger partial charge is 0.310 e. The Morgan fingerprint density at radius 1 is 1.18 bits per heavy atom. The molecule has 0 bridgehead atoms. The lowest BCUT2D eigenvalue weighted by Crippen LogP contribution is -2.17. The first-order valence-electron chi connectivity index (χ1n) is 6.08. The van der Waals surface area contributed by atoms with Gasteiger partial charge in [-0.2, -0.15) is 5.10 Å². The van der Waals surface area contributed by atoms with E-state index in [0.717, 1.165) is 12.1 Å². The van der Waals surface area contributed by atoms with Gasteiger partial charge in [0.05, 0.1) is 16.7 Å². The molecule has 0 aliphatic carbocycles. The zero-order chi connectivity index (χ0) is 16.1. The number of carbonyl (C=O) groups excluding carboxylic acids is 1. The fraction of sp³-hybridized carbons (Fsp3) is 0. The first-order chi connectivity index (χ1) is 10.5. The van der Waals surface area contributed by atoms with Gasteiger partial charge in [-0.05, 0) is 29.8 Å². The number of hydrogen-bond donors (Lipinski definition) is 3. The third-order valence-corrected chi connectivity index (χ3v) is 2.72. The number of amides is 1. The maximum Gasteiger partial charge on any atom is 0.310 e. The number of rotatable bonds is 4. The molecule has 0 radical (unpaired) electrons. The van der Waals surface area contributed by atoms with Crippen LogP contribution in [0.5, 0.6) is 11.5 Å². The molecular weight excluding hydrogens is 290 g/mol. The summed E-state index contributed by atoms with van der Waals surface area (Å²) in [6, 6.07) is 9.61. The number of phenolic OH excluding ortho intramolecular Hbond substituents is 2. The van der Waals surface area contributed by atoms with E-state index in [1.807, 2.05) is 0 Å². The Bertz CT molecular complexity index is 758. The number of hydrazone groups is 1. The van der Waals surface area contributed by atoms with E-state index >= 15 is 0 Å². The zero-order valence-electron chi connectivity index (χ0n) is 11.1. The summed E-state index contributed by atoms with van der Waals surface area (Å²) >= 11 is 0. The van der Waals surface area contributed by atoms with Crippen LogP contribution in [0.25, 0.3) is 0 Å². The van der Waals surface area contributed by atoms with Crippen molar-refractivity contribution < 1.29 is 19.9 Å². The maximum absolute atomic E-state index is 11.7. The number of phenols is 2. The minimum Gasteiger partial charge on any atom is -0.507 e. The van der Waals surface area contributed by atoms with Crippen molar-refractivity contribution in [3.63, 3.8) is 0 Å². The van der Waals surface area contributed by atoms with Crippen molar-refractivity contribution in [3.05, 3.63) is 63.7 Å². The molecule has 0 saturated carbocycles. The number of nitro benzene ring substituents is 1. The molecule has 2 aromatic carbocycles. The van der Waals surface area contributed by atoms with Crippen LogP contribution in [-0.2, 0) is 0 Å². The molecule has 112 valence electrons. The molecule has 0 atom stereocenters. The molecule has 0 saturated heterocycles. The van der Waals surface area contributed by atoms with E-state index in [4.69, 9.17) is 0 Å². The molecule has 1 amide bonds. The Labute approximate surface area is 124 Å². The SMILES string of the molecule is O=C(NN=Cc1ccc([N+](=O)[O-])c(O)c1)c1ccccc1O. The number of para-hydroxylation sites is 1. The predicted octanol–water partition coefficient (Wildman–Crippen LogP) is 1.77. The fourth-order valence-electron chi connectivity index (χ4n) is 1.67. The standard InChI is InChI=1S/C14H11N3O5/c18-12-4-2-1-3-10(12)14(20)16-15-8-9-5-6-11(17(21)22)13(19)7-9/h1-8,18-19H,(H,16,20). The Morgan fingerprint density at radius 2 is 1.91 bits per heavy atom. The summed E-state index contributed by atoms with van der Waals surface area (Å²) in [6.07, 6.45) is 1.21. The van der Waals surface area contributed by atoms with Crippen molar-refractivity contribution in [2.45, 2.75) is 0 Å². The summed E-state index contributed by atoms with van der Waals surface area (Å²) in [5, 5.41) is 33.2. The monoisotopic (exact) mass is 301 g/mol. The largest absolute Gasteiger partial charge is 0.507 e. The van der Waals surface area contributed by atoms with Gasteiger partial charge < -0.3 is 10.2 Å². The van der Waals surface area contributed by atoms with Gasteiger partial charge in [-0.1, -0.05) is 12.1 Å². The lowest BCUT2D eigenvalue weighted by molar-refractivity contribution is -0.385. The molecule has 0 unspecified atom stereocenters. The molecule has 0 heterocycles. The average molecular weight is 301 g/mol. The first kappa shape index (κ1) is 15.0. The van der Waals surface area contributed by atoms with Crippen molar-refractivity contribution in [1.29, 1.82) is 0 Å². The molecular formula is C14H11N3O5. The molecule has 0 aromatic heterocycles. The molecule has 2 rings (SSSR count). The summed E-state index contributed by atoms with van der Waals surface area (Å²) in [5.41, 5.74) is 2.20. The summed E-state index contributed by atoms with van der Waals surface area (Å²) in [4.78, 5) is 21.6. The highest BCUT2D eigenvalue weighted by Crippen LogP contribution is 2.25. The van der Waals surface area contributed by atoms with Crippen molar-refractivity contribution in [1.82, 2.24) is 5.43 Å². The lowest BCUT2D eigenvalue weighted by Gasteiger charge is -2.02. The van der Waals surface area contributed by atoms with Crippen molar-refractivity contribution in [2.75, 3.05) is 0 Å². The Hall–Kier alpha value is -3.42. The summed E-state index contributed by atoms with van der Waals surface area (Å²) in [6.45, 7) is 0. The van der Waals surface area contributed by atoms with Gasteiger partial charge in [0.15, 0.2) is 5.75 Å². The van der Waals surface area contributed by atoms with Gasteiger partial charge in [-0.3, -0.25) is 14.9 Å². The Morgan fingerprint density at radius 3 is 2.55 bits per heavy atom. The molecule has 0 spiro atoms. The van der Waals surface area contributed by atoms with Crippen LogP contribution >= 0.6 is 0 Å². The Balaban J connectivity index is 2.07. The number of benzene rings is 2. The molecule has 0 aliphatic rings. The van der Waals surface area contributed by atoms with E-state index in [1.54, 1.807) is 12.1 Å². The van der Waals surface area contributed by atoms with Crippen molar-refractivity contribution >= 4 is 17.8 Å². The van der Waals surface area contributed by atoms with Gasteiger partial charge in [0, 0.05) is 6.07 Å². The van der Waals surface area contributed by atoms with Crippen molar-refractivity contribution in [2.24, 2.45) is 5.10 Å². The lowest BCUT2D eigenvalue weighted by atomic mass is 10.2. The van der Waals surface area contributed by atoms with E-state index in [0.29, 0.717) is 5.56 Å². The molecule has 3 N–H and O–H groups in total. The van der Waals surface area contributed by atoms with Gasteiger partial charge in [-0.25, -0.2) is 5.43 Å². The third-order valence-electron chi connectivity index (χ3n) is 2.72. The topological polar surface area (TPSA) is 125 Å². The van der Waals surface area contributed by atoms with E-state index < -0.39 is 22.3 Å². The van der Waals surface area contributed by atoms with E-state index in [1.165, 1.54) is 24.4 Å². The second kappa shape index (κ2) is 6.35. The molecule has 0 fully saturated rings. The quantitative estimate of drug-likeness (QED) is 0.451. The minimum atomic E-state index is -0.712. The number of nitro groups is 1. The third kappa shape index (κ3) is 3.37. The van der Waals surface area contributed by atoms with Gasteiger partial charge in [-0.15, -0.1) is 0 Å². The van der Waals surface area contributed by atoms with Gasteiger partial charge in [0.2, 0.25) is 0 Å². The number of nitrogens with one attached hydrogen (secondary N) is 1. The number of nitrogens with zero attached hydrogens (tertiary/aromatic N) is 2. The van der Waals surface area contributed by atoms with Gasteiger partial charge >= 0.3 is 5.69 Å². The highest BCUT2D eigenvalue weighted by molar-refractivity contribution is 5.97. The average Bonchev–Trinajstić information content (AvgIpc) is 2.47. The van der Waals surface area contributed by atoms with Crippen LogP contribution in [0.4, 0.5) is 5.69 Å². The highest BCUT2D eigenvalue weighted by atomic mass is 16.6. The molecule has 8 heteroatoms. The van der Waals surface area contributed by atoms with E-state index in [9.17, 15) is 25.1 Å². The number of hydrogen-bond acceptors (Lipinski definition) is 6. The summed E-state index contributed by atoms with van der Waals surface area (Å²) in [5.74, 6) is -1.29. The van der Waals surface area contributed by atoms with Crippen LogP contribution in [-0.4, -0.2) is 27.3 Å². The fourth-order valence-corrected chi connectivity index (χ4v) is 1.67. The molecule has 2 aromatic rings. The van der Waals surface area contributed by atoms with Gasteiger partial charge in [0.1, 0.15) is 5.75 Å². The normalized spacial score (nSPS) is 10.5. The highest BCUT2D eigenvalue weighted by Gasteiger charge is 2.12. The van der Waals surface area contributed by atoms with E-state index in [2.05, 4.69) is 10.5 Å². The van der Waals surface area contributed by atoms with Crippen LogP contribution in [0.3, 0.4) is 0 Å². The second-order valence-corrected chi connectivity index (χ2v) is 4.22. The van der Waals surface area contributed by atoms with Crippen LogP contribution in [0.1, 0.15) is 15.9 Å². The first-order valence-corrected chi connectivity index (χ1v) is 6.08. The predicted molar refractivity (Wildman–Crippen MR) is 77.9 cm³/mol. The summed E-state index contributed by atoms with van der Waals surface area (Å²) in [7, 11) is 0. The maximum atomic E-state index is 11.7. The molecule has 22 heavy (non-hydrogen) atoms. The molecule has 0 aliphatic heterocycles. The number of carbonyl (C=O) groups is 1. The number of aromatic hydroxyl groups is 2. The van der Waals surface area contributed by atoms with Crippen molar-refractivity contribution in [3.8, 4) is 11.5 Å². The van der Waals surface area contributed by atoms with Crippen LogP contribution < -0.4 is 5.43 Å². The van der Waals surface area contributed by atoms with E-state index in [-0.39, 0.29) is 11.3 Å². The Kier molecular flexibility index (Phi) is 4.33. The zero-order valence-corrected chi connectivity index (χ0v) is 11.1. The van der Waals surface area contributed by atoms with Crippen LogP contribution in [0.2, 0.25) is 0 Å². The molecule has 8 nitrogen and oxygen atoms in total. The minimum absolute atomic E-state index is 0.0613. The second-order valence-electron chi connectivity index (χ2n) is 4.22. The van der Waals surface area contributed by atoms with Crippen LogP contribution in [0.15, 0.2) is 47.6 Å². The van der Waals surface area contributed by atoms with Crippen LogP contribution in [0, 0.1) is 10.1 Å². The summed E-state index contributed by atoms with van der Waals surface area (Å²) < 4.78 is 0. The van der Waals surface area contributed by atoms with Gasteiger partial charge in [0.25, 0.3) is 5.91 Å².